The van der Waals surface area contributed by atoms with Crippen molar-refractivity contribution in [2.45, 2.75) is 103 Å². The Hall–Kier alpha value is -2.47. The lowest BCUT2D eigenvalue weighted by Gasteiger charge is -2.43. The molecule has 232 valence electrons. The van der Waals surface area contributed by atoms with Crippen molar-refractivity contribution >= 4 is 34.1 Å². The molecule has 42 heavy (non-hydrogen) atoms. The molecule has 3 rings (SSSR count). The number of carbonyl (C=O) groups is 2. The molecule has 0 bridgehead atoms. The van der Waals surface area contributed by atoms with Gasteiger partial charge in [0.05, 0.1) is 6.10 Å². The summed E-state index contributed by atoms with van der Waals surface area (Å²) in [5.41, 5.74) is 2.46. The molecule has 1 fully saturated rings. The molecule has 2 aromatic rings. The Balaban J connectivity index is 2.09. The predicted octanol–water partition coefficient (Wildman–Crippen LogP) is 6.67. The van der Waals surface area contributed by atoms with Crippen molar-refractivity contribution in [3.8, 4) is 0 Å². The first-order chi connectivity index (χ1) is 19.2. The van der Waals surface area contributed by atoms with Crippen LogP contribution in [0.3, 0.4) is 0 Å². The Kier molecular flexibility index (Phi) is 10.2. The highest BCUT2D eigenvalue weighted by molar-refractivity contribution is 6.74. The van der Waals surface area contributed by atoms with Gasteiger partial charge in [-0.15, -0.1) is 0 Å². The lowest BCUT2D eigenvalue weighted by atomic mass is 10.1. The van der Waals surface area contributed by atoms with E-state index in [9.17, 15) is 9.59 Å². The molecule has 1 saturated heterocycles. The van der Waals surface area contributed by atoms with Crippen LogP contribution in [0.2, 0.25) is 36.3 Å². The van der Waals surface area contributed by atoms with Crippen molar-refractivity contribution in [1.29, 1.82) is 0 Å². The van der Waals surface area contributed by atoms with Gasteiger partial charge >= 0.3 is 0 Å². The van der Waals surface area contributed by atoms with E-state index >= 15 is 0 Å². The second kappa shape index (κ2) is 12.6. The summed E-state index contributed by atoms with van der Waals surface area (Å²) in [6, 6.07) is 16.6. The largest absolute Gasteiger partial charge is 0.409 e. The van der Waals surface area contributed by atoms with Crippen LogP contribution in [0, 0.1) is 0 Å². The van der Waals surface area contributed by atoms with Crippen molar-refractivity contribution in [2.24, 2.45) is 0 Å². The van der Waals surface area contributed by atoms with Crippen LogP contribution >= 0.6 is 0 Å². The first kappa shape index (κ1) is 34.0. The maximum atomic E-state index is 14.3. The molecule has 2 aromatic carbocycles. The molecule has 1 N–H and O–H groups in total. The molecule has 0 aliphatic carbocycles. The number of hydrogen-bond donors (Lipinski definition) is 1. The minimum absolute atomic E-state index is 0.0446. The summed E-state index contributed by atoms with van der Waals surface area (Å²) >= 11 is 0. The first-order valence-electron chi connectivity index (χ1n) is 15.0. The molecule has 0 radical (unpaired) electrons. The number of benzene rings is 2. The molecule has 2 amide bonds. The molecule has 1 aliphatic rings. The topological polar surface area (TPSA) is 71.1 Å². The van der Waals surface area contributed by atoms with E-state index < -0.39 is 34.9 Å². The third-order valence-electron chi connectivity index (χ3n) is 9.33. The molecule has 1 heterocycles. The lowest BCUT2D eigenvalue weighted by molar-refractivity contribution is -0.127. The van der Waals surface area contributed by atoms with Gasteiger partial charge in [0.2, 0.25) is 5.91 Å². The van der Waals surface area contributed by atoms with E-state index in [1.807, 2.05) is 73.6 Å². The molecule has 0 spiro atoms. The van der Waals surface area contributed by atoms with Crippen LogP contribution in [0.5, 0.6) is 0 Å². The van der Waals surface area contributed by atoms with E-state index in [1.54, 1.807) is 4.90 Å². The summed E-state index contributed by atoms with van der Waals surface area (Å²) < 4.78 is 14.1. The fourth-order valence-corrected chi connectivity index (χ4v) is 7.22. The Labute approximate surface area is 256 Å². The van der Waals surface area contributed by atoms with E-state index in [1.165, 1.54) is 0 Å². The maximum Gasteiger partial charge on any atom is 0.254 e. The average Bonchev–Trinajstić information content (AvgIpc) is 3.22. The second-order valence-electron chi connectivity index (χ2n) is 14.8. The van der Waals surface area contributed by atoms with Gasteiger partial charge in [-0.2, -0.15) is 0 Å². The molecule has 9 heteroatoms. The van der Waals surface area contributed by atoms with Crippen LogP contribution in [-0.4, -0.2) is 72.2 Å². The van der Waals surface area contributed by atoms with Gasteiger partial charge in [-0.05, 0) is 60.0 Å². The van der Waals surface area contributed by atoms with Gasteiger partial charge in [-0.25, -0.2) is 0 Å². The van der Waals surface area contributed by atoms with Crippen molar-refractivity contribution in [3.63, 3.8) is 0 Å². The third-order valence-corrected chi connectivity index (χ3v) is 18.3. The highest BCUT2D eigenvalue weighted by atomic mass is 28.4. The Morgan fingerprint density at radius 3 is 2.00 bits per heavy atom. The van der Waals surface area contributed by atoms with Gasteiger partial charge in [-0.3, -0.25) is 9.59 Å². The zero-order chi connectivity index (χ0) is 31.7. The van der Waals surface area contributed by atoms with Crippen LogP contribution in [-0.2, 0) is 20.2 Å². The van der Waals surface area contributed by atoms with Crippen molar-refractivity contribution < 1.29 is 18.4 Å². The number of amides is 2. The normalized spacial score (nSPS) is 20.0. The van der Waals surface area contributed by atoms with E-state index in [0.717, 1.165) is 11.3 Å². The highest BCUT2D eigenvalue weighted by Crippen LogP contribution is 2.43. The van der Waals surface area contributed by atoms with Gasteiger partial charge in [0.15, 0.2) is 16.6 Å². The summed E-state index contributed by atoms with van der Waals surface area (Å²) in [5.74, 6) is -0.412. The van der Waals surface area contributed by atoms with Gasteiger partial charge in [0.1, 0.15) is 12.1 Å². The fraction of sp³-hybridized carbons (Fsp3) is 0.576. The number of likely N-dealkylation sites (tertiary alicyclic amines) is 1. The van der Waals surface area contributed by atoms with E-state index in [4.69, 9.17) is 8.85 Å². The van der Waals surface area contributed by atoms with Crippen molar-refractivity contribution in [1.82, 2.24) is 10.2 Å². The third kappa shape index (κ3) is 7.72. The number of anilines is 1. The average molecular weight is 612 g/mol. The molecule has 3 atom stereocenters. The van der Waals surface area contributed by atoms with Crippen molar-refractivity contribution in [2.75, 3.05) is 25.5 Å². The van der Waals surface area contributed by atoms with Gasteiger partial charge < -0.3 is 24.0 Å². The number of hydrogen-bond acceptors (Lipinski definition) is 5. The fourth-order valence-electron chi connectivity index (χ4n) is 4.58. The zero-order valence-corrected chi connectivity index (χ0v) is 29.9. The highest BCUT2D eigenvalue weighted by Gasteiger charge is 2.55. The number of nitrogens with zero attached hydrogens (tertiary/aromatic N) is 2. The molecule has 1 unspecified atom stereocenters. The minimum atomic E-state index is -2.36. The summed E-state index contributed by atoms with van der Waals surface area (Å²) in [7, 11) is -0.741. The second-order valence-corrected chi connectivity index (χ2v) is 24.3. The molecule has 0 saturated carbocycles. The number of carbonyl (C=O) groups excluding carboxylic acids is 2. The Morgan fingerprint density at radius 1 is 0.881 bits per heavy atom. The SMILES string of the molecule is CN(C)c1cccc(C(=O)N2C[C@H](O[Si](C)(C)C(C)(C)C)[C@@H](O[Si](C)(C)C(C)(C)C)C2C(=O)NCc2ccccc2)c1. The number of nitrogens with one attached hydrogen (secondary N) is 1. The predicted molar refractivity (Wildman–Crippen MR) is 178 cm³/mol. The van der Waals surface area contributed by atoms with Crippen LogP contribution in [0.25, 0.3) is 0 Å². The zero-order valence-electron chi connectivity index (χ0n) is 27.9. The molecule has 1 aliphatic heterocycles. The van der Waals surface area contributed by atoms with Crippen LogP contribution in [0.4, 0.5) is 5.69 Å². The summed E-state index contributed by atoms with van der Waals surface area (Å²) in [5, 5.41) is 2.99. The summed E-state index contributed by atoms with van der Waals surface area (Å²) in [6.45, 7) is 22.7. The smallest absolute Gasteiger partial charge is 0.254 e. The molecule has 7 nitrogen and oxygen atoms in total. The molecule has 0 aromatic heterocycles. The standard InChI is InChI=1S/C33H53N3O4Si2/c1-32(2,3)41(9,10)39-27-23-36(31(38)25-19-16-20-26(21-25)35(7)8)28(29(27)40-42(11,12)33(4,5)6)30(37)34-22-24-17-14-13-15-18-24/h13-21,27-29H,22-23H2,1-12H3,(H,34,37)/t27-,28?,29+/m0/s1. The van der Waals surface area contributed by atoms with Crippen molar-refractivity contribution in [3.05, 3.63) is 65.7 Å². The summed E-state index contributed by atoms with van der Waals surface area (Å²) in [4.78, 5) is 32.1. The van der Waals surface area contributed by atoms with Crippen LogP contribution < -0.4 is 10.2 Å². The Bertz CT molecular complexity index is 1240. The number of rotatable bonds is 9. The lowest BCUT2D eigenvalue weighted by Crippen LogP contribution is -2.56. The van der Waals surface area contributed by atoms with Crippen LogP contribution in [0.15, 0.2) is 54.6 Å². The first-order valence-corrected chi connectivity index (χ1v) is 20.8. The Morgan fingerprint density at radius 2 is 1.45 bits per heavy atom. The quantitative estimate of drug-likeness (QED) is 0.321. The van der Waals surface area contributed by atoms with Gasteiger partial charge in [-0.1, -0.05) is 77.9 Å². The minimum Gasteiger partial charge on any atom is -0.409 e. The van der Waals surface area contributed by atoms with Gasteiger partial charge in [0.25, 0.3) is 5.91 Å². The van der Waals surface area contributed by atoms with E-state index in [-0.39, 0.29) is 21.9 Å². The van der Waals surface area contributed by atoms with Crippen LogP contribution in [0.1, 0.15) is 57.5 Å². The van der Waals surface area contributed by atoms with E-state index in [2.05, 4.69) is 73.0 Å². The molecular formula is C33H53N3O4Si2. The van der Waals surface area contributed by atoms with Gasteiger partial charge in [0, 0.05) is 38.4 Å². The van der Waals surface area contributed by atoms with E-state index in [0.29, 0.717) is 18.7 Å². The molecular weight excluding hydrogens is 559 g/mol. The maximum absolute atomic E-state index is 14.3. The monoisotopic (exact) mass is 611 g/mol. The summed E-state index contributed by atoms with van der Waals surface area (Å²) in [6.07, 6.45) is -1.01.